The van der Waals surface area contributed by atoms with Gasteiger partial charge in [0.1, 0.15) is 6.10 Å². The highest BCUT2D eigenvalue weighted by molar-refractivity contribution is 5.82. The summed E-state index contributed by atoms with van der Waals surface area (Å²) in [5.74, 6) is 0.271. The second-order valence-electron chi connectivity index (χ2n) is 3.66. The smallest absolute Gasteiger partial charge is 0.161 e. The van der Waals surface area contributed by atoms with Gasteiger partial charge in [0, 0.05) is 6.42 Å². The Hall–Kier alpha value is -0.370. The minimum absolute atomic E-state index is 0.0156. The monoisotopic (exact) mass is 170 g/mol. The van der Waals surface area contributed by atoms with E-state index >= 15 is 0 Å². The molecular formula is C10H18O2. The Morgan fingerprint density at radius 3 is 2.50 bits per heavy atom. The number of carbonyl (C=O) groups excluding carboxylic acids is 1. The quantitative estimate of drug-likeness (QED) is 0.702. The maximum atomic E-state index is 11.2. The first-order valence-electron chi connectivity index (χ1n) is 4.96. The number of aliphatic hydroxyl groups is 1. The van der Waals surface area contributed by atoms with Crippen LogP contribution in [0.3, 0.4) is 0 Å². The van der Waals surface area contributed by atoms with Crippen LogP contribution in [0.5, 0.6) is 0 Å². The minimum atomic E-state index is -0.671. The van der Waals surface area contributed by atoms with Crippen molar-refractivity contribution in [2.45, 2.75) is 51.6 Å². The molecule has 1 aliphatic carbocycles. The number of rotatable bonds is 3. The molecular weight excluding hydrogens is 152 g/mol. The summed E-state index contributed by atoms with van der Waals surface area (Å²) in [7, 11) is 0. The van der Waals surface area contributed by atoms with Gasteiger partial charge in [-0.25, -0.2) is 0 Å². The topological polar surface area (TPSA) is 37.3 Å². The van der Waals surface area contributed by atoms with Gasteiger partial charge >= 0.3 is 0 Å². The molecule has 2 nitrogen and oxygen atoms in total. The maximum absolute atomic E-state index is 11.2. The van der Waals surface area contributed by atoms with Crippen LogP contribution in [0, 0.1) is 5.92 Å². The second-order valence-corrected chi connectivity index (χ2v) is 3.66. The summed E-state index contributed by atoms with van der Waals surface area (Å²) in [6.45, 7) is 1.81. The van der Waals surface area contributed by atoms with Gasteiger partial charge in [-0.3, -0.25) is 4.79 Å². The summed E-state index contributed by atoms with van der Waals surface area (Å²) in [5.41, 5.74) is 0. The highest BCUT2D eigenvalue weighted by Gasteiger charge is 2.25. The first-order chi connectivity index (χ1) is 5.75. The molecule has 0 heterocycles. The van der Waals surface area contributed by atoms with Gasteiger partial charge in [0.15, 0.2) is 5.78 Å². The fraction of sp³-hybridized carbons (Fsp3) is 0.900. The van der Waals surface area contributed by atoms with Crippen LogP contribution >= 0.6 is 0 Å². The number of hydrogen-bond donors (Lipinski definition) is 1. The van der Waals surface area contributed by atoms with Gasteiger partial charge in [0.2, 0.25) is 0 Å². The molecule has 1 N–H and O–H groups in total. The molecule has 1 saturated carbocycles. The SMILES string of the molecule is CCC(=O)[C@H](O)C1CCCCC1. The molecule has 1 rings (SSSR count). The molecule has 0 aliphatic heterocycles. The van der Waals surface area contributed by atoms with Crippen molar-refractivity contribution in [3.63, 3.8) is 0 Å². The molecule has 0 spiro atoms. The average molecular weight is 170 g/mol. The van der Waals surface area contributed by atoms with E-state index in [0.29, 0.717) is 6.42 Å². The largest absolute Gasteiger partial charge is 0.385 e. The summed E-state index contributed by atoms with van der Waals surface area (Å²) < 4.78 is 0. The summed E-state index contributed by atoms with van der Waals surface area (Å²) in [4.78, 5) is 11.2. The predicted octanol–water partition coefficient (Wildman–Crippen LogP) is 1.91. The van der Waals surface area contributed by atoms with E-state index in [4.69, 9.17) is 0 Å². The number of hydrogen-bond acceptors (Lipinski definition) is 2. The lowest BCUT2D eigenvalue weighted by atomic mass is 9.83. The molecule has 1 aliphatic rings. The van der Waals surface area contributed by atoms with Gasteiger partial charge in [-0.05, 0) is 18.8 Å². The van der Waals surface area contributed by atoms with E-state index in [0.717, 1.165) is 12.8 Å². The van der Waals surface area contributed by atoms with E-state index in [2.05, 4.69) is 0 Å². The molecule has 1 fully saturated rings. The van der Waals surface area contributed by atoms with Gasteiger partial charge in [0.05, 0.1) is 0 Å². The van der Waals surface area contributed by atoms with Crippen LogP contribution < -0.4 is 0 Å². The molecule has 0 unspecified atom stereocenters. The summed E-state index contributed by atoms with van der Waals surface area (Å²) >= 11 is 0. The highest BCUT2D eigenvalue weighted by Crippen LogP contribution is 2.27. The van der Waals surface area contributed by atoms with Crippen molar-refractivity contribution in [1.82, 2.24) is 0 Å². The molecule has 0 aromatic heterocycles. The fourth-order valence-corrected chi connectivity index (χ4v) is 1.92. The Morgan fingerprint density at radius 1 is 1.42 bits per heavy atom. The van der Waals surface area contributed by atoms with Crippen molar-refractivity contribution in [3.8, 4) is 0 Å². The lowest BCUT2D eigenvalue weighted by Crippen LogP contribution is -2.30. The van der Waals surface area contributed by atoms with Crippen molar-refractivity contribution >= 4 is 5.78 Å². The Bertz CT molecular complexity index is 148. The minimum Gasteiger partial charge on any atom is -0.385 e. The van der Waals surface area contributed by atoms with Crippen molar-refractivity contribution < 1.29 is 9.90 Å². The van der Waals surface area contributed by atoms with E-state index in [1.54, 1.807) is 0 Å². The third-order valence-corrected chi connectivity index (χ3v) is 2.77. The van der Waals surface area contributed by atoms with Crippen LogP contribution in [0.25, 0.3) is 0 Å². The van der Waals surface area contributed by atoms with Crippen molar-refractivity contribution in [2.75, 3.05) is 0 Å². The Labute approximate surface area is 74.0 Å². The zero-order valence-corrected chi connectivity index (χ0v) is 7.75. The summed E-state index contributed by atoms with van der Waals surface area (Å²) in [6, 6.07) is 0. The molecule has 0 aromatic carbocycles. The first kappa shape index (κ1) is 9.72. The molecule has 0 radical (unpaired) electrons. The summed E-state index contributed by atoms with van der Waals surface area (Å²) in [5, 5.41) is 9.59. The van der Waals surface area contributed by atoms with Crippen molar-refractivity contribution in [2.24, 2.45) is 5.92 Å². The average Bonchev–Trinajstić information content (AvgIpc) is 2.17. The van der Waals surface area contributed by atoms with E-state index in [1.165, 1.54) is 19.3 Å². The molecule has 0 amide bonds. The fourth-order valence-electron chi connectivity index (χ4n) is 1.92. The zero-order valence-electron chi connectivity index (χ0n) is 7.75. The Morgan fingerprint density at radius 2 is 2.00 bits per heavy atom. The van der Waals surface area contributed by atoms with Gasteiger partial charge in [-0.1, -0.05) is 26.2 Å². The standard InChI is InChI=1S/C10H18O2/c1-2-9(11)10(12)8-6-4-3-5-7-8/h8,10,12H,2-7H2,1H3/t10-/m1/s1. The van der Waals surface area contributed by atoms with Crippen molar-refractivity contribution in [1.29, 1.82) is 0 Å². The molecule has 0 aromatic rings. The number of Topliss-reactive ketones (excluding diaryl/α,β-unsaturated/α-hetero) is 1. The van der Waals surface area contributed by atoms with Crippen LogP contribution in [0.4, 0.5) is 0 Å². The van der Waals surface area contributed by atoms with Crippen LogP contribution in [0.2, 0.25) is 0 Å². The molecule has 1 atom stereocenters. The predicted molar refractivity (Wildman–Crippen MR) is 47.9 cm³/mol. The molecule has 12 heavy (non-hydrogen) atoms. The zero-order chi connectivity index (χ0) is 8.97. The Balaban J connectivity index is 2.39. The molecule has 0 bridgehead atoms. The van der Waals surface area contributed by atoms with Crippen LogP contribution in [0.15, 0.2) is 0 Å². The van der Waals surface area contributed by atoms with Gasteiger partial charge in [-0.2, -0.15) is 0 Å². The number of carbonyl (C=O) groups is 1. The van der Waals surface area contributed by atoms with Crippen LogP contribution in [-0.4, -0.2) is 17.0 Å². The van der Waals surface area contributed by atoms with Crippen LogP contribution in [-0.2, 0) is 4.79 Å². The first-order valence-corrected chi connectivity index (χ1v) is 4.96. The van der Waals surface area contributed by atoms with Gasteiger partial charge in [-0.15, -0.1) is 0 Å². The number of aliphatic hydroxyl groups excluding tert-OH is 1. The third kappa shape index (κ3) is 2.31. The van der Waals surface area contributed by atoms with E-state index in [-0.39, 0.29) is 11.7 Å². The third-order valence-electron chi connectivity index (χ3n) is 2.77. The maximum Gasteiger partial charge on any atom is 0.161 e. The van der Waals surface area contributed by atoms with Gasteiger partial charge in [0.25, 0.3) is 0 Å². The highest BCUT2D eigenvalue weighted by atomic mass is 16.3. The van der Waals surface area contributed by atoms with Gasteiger partial charge < -0.3 is 5.11 Å². The summed E-state index contributed by atoms with van der Waals surface area (Å²) in [6.07, 6.45) is 5.49. The lowest BCUT2D eigenvalue weighted by molar-refractivity contribution is -0.130. The van der Waals surface area contributed by atoms with Crippen molar-refractivity contribution in [3.05, 3.63) is 0 Å². The molecule has 2 heteroatoms. The van der Waals surface area contributed by atoms with Crippen LogP contribution in [0.1, 0.15) is 45.4 Å². The number of ketones is 1. The molecule has 70 valence electrons. The van der Waals surface area contributed by atoms with E-state index < -0.39 is 6.10 Å². The van der Waals surface area contributed by atoms with E-state index in [1.807, 2.05) is 6.92 Å². The second kappa shape index (κ2) is 4.61. The lowest BCUT2D eigenvalue weighted by Gasteiger charge is -2.25. The normalized spacial score (nSPS) is 22.2. The molecule has 0 saturated heterocycles. The Kier molecular flexibility index (Phi) is 3.73. The van der Waals surface area contributed by atoms with E-state index in [9.17, 15) is 9.90 Å².